The molecule has 4 aromatic rings. The Balaban J connectivity index is 1.73. The first-order valence-electron chi connectivity index (χ1n) is 12.3. The van der Waals surface area contributed by atoms with E-state index in [2.05, 4.69) is 10.2 Å². The maximum absolute atomic E-state index is 10.0. The van der Waals surface area contributed by atoms with Crippen LogP contribution in [0.4, 0.5) is 5.82 Å². The van der Waals surface area contributed by atoms with Crippen LogP contribution in [0.25, 0.3) is 33.8 Å². The Morgan fingerprint density at radius 1 is 0.973 bits per heavy atom. The number of aliphatic hydroxyl groups excluding tert-OH is 1. The number of benzene rings is 2. The smallest absolute Gasteiger partial charge is 0.162 e. The van der Waals surface area contributed by atoms with Crippen molar-refractivity contribution in [2.75, 3.05) is 65.6 Å². The van der Waals surface area contributed by atoms with Gasteiger partial charge in [0.05, 0.1) is 13.2 Å². The number of aromatic nitrogens is 2. The number of furan rings is 1. The number of anilines is 1. The number of para-hydroxylation sites is 1. The van der Waals surface area contributed by atoms with Gasteiger partial charge in [-0.1, -0.05) is 30.3 Å². The van der Waals surface area contributed by atoms with Crippen molar-refractivity contribution >= 4 is 16.8 Å². The number of nitrogens with one attached hydrogen (secondary N) is 1. The minimum absolute atomic E-state index is 0.178. The molecule has 0 bridgehead atoms. The Labute approximate surface area is 217 Å². The van der Waals surface area contributed by atoms with Gasteiger partial charge in [0.25, 0.3) is 0 Å². The molecule has 9 heteroatoms. The van der Waals surface area contributed by atoms with Crippen LogP contribution in [0, 0.1) is 0 Å². The largest absolute Gasteiger partial charge is 0.491 e. The molecule has 0 fully saturated rings. The van der Waals surface area contributed by atoms with E-state index in [0.29, 0.717) is 55.9 Å². The highest BCUT2D eigenvalue weighted by molar-refractivity contribution is 5.82. The third-order valence-electron chi connectivity index (χ3n) is 5.82. The van der Waals surface area contributed by atoms with Gasteiger partial charge in [-0.25, -0.2) is 9.97 Å². The molecule has 2 N–H and O–H groups in total. The SMILES string of the molecule is CNCC(O)COc1cccc(-c2nc(-c3cc4ccccc4o3)cc(N(CCOC)CCOC)n2)c1. The first-order chi connectivity index (χ1) is 18.1. The normalized spacial score (nSPS) is 12.1. The number of hydrogen-bond donors (Lipinski definition) is 2. The Hall–Kier alpha value is -3.50. The second kappa shape index (κ2) is 13.2. The van der Waals surface area contributed by atoms with Gasteiger partial charge < -0.3 is 34.0 Å². The molecular weight excluding hydrogens is 472 g/mol. The summed E-state index contributed by atoms with van der Waals surface area (Å²) < 4.78 is 22.6. The molecular formula is C28H34N4O5. The molecule has 2 heterocycles. The van der Waals surface area contributed by atoms with Crippen molar-refractivity contribution in [1.29, 1.82) is 0 Å². The van der Waals surface area contributed by atoms with Crippen molar-refractivity contribution in [3.8, 4) is 28.6 Å². The van der Waals surface area contributed by atoms with E-state index in [4.69, 9.17) is 28.6 Å². The van der Waals surface area contributed by atoms with E-state index < -0.39 is 6.10 Å². The van der Waals surface area contributed by atoms with Gasteiger partial charge in [0.15, 0.2) is 11.6 Å². The summed E-state index contributed by atoms with van der Waals surface area (Å²) in [6.07, 6.45) is -0.608. The molecule has 0 aliphatic carbocycles. The predicted molar refractivity (Wildman–Crippen MR) is 144 cm³/mol. The third-order valence-corrected chi connectivity index (χ3v) is 5.82. The molecule has 2 aromatic heterocycles. The number of methoxy groups -OCH3 is 2. The van der Waals surface area contributed by atoms with Gasteiger partial charge in [-0.15, -0.1) is 0 Å². The fourth-order valence-electron chi connectivity index (χ4n) is 3.92. The molecule has 37 heavy (non-hydrogen) atoms. The molecule has 196 valence electrons. The average molecular weight is 507 g/mol. The summed E-state index contributed by atoms with van der Waals surface area (Å²) in [5, 5.41) is 14.0. The number of hydrogen-bond acceptors (Lipinski definition) is 9. The fraction of sp³-hybridized carbons (Fsp3) is 0.357. The van der Waals surface area contributed by atoms with Crippen LogP contribution >= 0.6 is 0 Å². The second-order valence-electron chi connectivity index (χ2n) is 8.61. The lowest BCUT2D eigenvalue weighted by molar-refractivity contribution is 0.108. The van der Waals surface area contributed by atoms with Gasteiger partial charge in [-0.2, -0.15) is 0 Å². The zero-order valence-electron chi connectivity index (χ0n) is 21.5. The first-order valence-corrected chi connectivity index (χ1v) is 12.3. The summed E-state index contributed by atoms with van der Waals surface area (Å²) >= 11 is 0. The van der Waals surface area contributed by atoms with Crippen molar-refractivity contribution < 1.29 is 23.7 Å². The highest BCUT2D eigenvalue weighted by Gasteiger charge is 2.17. The van der Waals surface area contributed by atoms with E-state index in [1.807, 2.05) is 60.7 Å². The fourth-order valence-corrected chi connectivity index (χ4v) is 3.92. The Morgan fingerprint density at radius 2 is 1.76 bits per heavy atom. The highest BCUT2D eigenvalue weighted by Crippen LogP contribution is 2.31. The molecule has 0 saturated carbocycles. The summed E-state index contributed by atoms with van der Waals surface area (Å²) in [6, 6.07) is 19.4. The van der Waals surface area contributed by atoms with Crippen molar-refractivity contribution in [1.82, 2.24) is 15.3 Å². The van der Waals surface area contributed by atoms with Gasteiger partial charge in [-0.05, 0) is 31.3 Å². The number of aliphatic hydroxyl groups is 1. The molecule has 0 spiro atoms. The molecule has 0 aliphatic rings. The molecule has 1 atom stereocenters. The van der Waals surface area contributed by atoms with Crippen LogP contribution < -0.4 is 15.0 Å². The van der Waals surface area contributed by atoms with E-state index in [1.165, 1.54) is 0 Å². The van der Waals surface area contributed by atoms with Crippen molar-refractivity contribution in [2.45, 2.75) is 6.10 Å². The topological polar surface area (TPSA) is 102 Å². The van der Waals surface area contributed by atoms with E-state index in [0.717, 1.165) is 22.4 Å². The van der Waals surface area contributed by atoms with Gasteiger partial charge in [0.1, 0.15) is 35.6 Å². The van der Waals surface area contributed by atoms with Crippen LogP contribution in [0.15, 0.2) is 65.1 Å². The molecule has 0 saturated heterocycles. The Kier molecular flexibility index (Phi) is 9.45. The van der Waals surface area contributed by atoms with Gasteiger partial charge in [-0.3, -0.25) is 0 Å². The van der Waals surface area contributed by atoms with E-state index >= 15 is 0 Å². The summed E-state index contributed by atoms with van der Waals surface area (Å²) in [4.78, 5) is 11.9. The van der Waals surface area contributed by atoms with Gasteiger partial charge >= 0.3 is 0 Å². The predicted octanol–water partition coefficient (Wildman–Crippen LogP) is 3.62. The maximum Gasteiger partial charge on any atom is 0.162 e. The monoisotopic (exact) mass is 506 g/mol. The standard InChI is InChI=1S/C28H34N4O5/c1-29-18-22(33)19-36-23-9-6-8-21(15-23)28-30-24(26-16-20-7-4-5-10-25(20)37-26)17-27(31-28)32(11-13-34-2)12-14-35-3/h4-10,15-17,22,29,33H,11-14,18-19H2,1-3H3. The molecule has 2 aromatic carbocycles. The molecule has 0 aliphatic heterocycles. The number of ether oxygens (including phenoxy) is 3. The average Bonchev–Trinajstić information content (AvgIpc) is 3.37. The number of nitrogens with zero attached hydrogens (tertiary/aromatic N) is 3. The summed E-state index contributed by atoms with van der Waals surface area (Å²) in [7, 11) is 5.15. The maximum atomic E-state index is 10.0. The van der Waals surface area contributed by atoms with E-state index in [1.54, 1.807) is 21.3 Å². The lowest BCUT2D eigenvalue weighted by atomic mass is 10.2. The highest BCUT2D eigenvalue weighted by atomic mass is 16.5. The van der Waals surface area contributed by atoms with Crippen molar-refractivity contribution in [3.05, 3.63) is 60.7 Å². The lowest BCUT2D eigenvalue weighted by Gasteiger charge is -2.24. The summed E-state index contributed by atoms with van der Waals surface area (Å²) in [6.45, 7) is 3.00. The molecule has 9 nitrogen and oxygen atoms in total. The number of fused-ring (bicyclic) bond motifs is 1. The summed E-state index contributed by atoms with van der Waals surface area (Å²) in [5.41, 5.74) is 2.26. The van der Waals surface area contributed by atoms with Crippen molar-refractivity contribution in [2.24, 2.45) is 0 Å². The van der Waals surface area contributed by atoms with Crippen LogP contribution in [0.3, 0.4) is 0 Å². The van der Waals surface area contributed by atoms with E-state index in [9.17, 15) is 5.11 Å². The van der Waals surface area contributed by atoms with Gasteiger partial charge in [0, 0.05) is 50.9 Å². The minimum Gasteiger partial charge on any atom is -0.491 e. The third kappa shape index (κ3) is 7.05. The molecule has 1 unspecified atom stereocenters. The molecule has 0 amide bonds. The van der Waals surface area contributed by atoms with Gasteiger partial charge in [0.2, 0.25) is 0 Å². The zero-order chi connectivity index (χ0) is 26.0. The minimum atomic E-state index is -0.608. The van der Waals surface area contributed by atoms with Crippen LogP contribution in [0.5, 0.6) is 5.75 Å². The zero-order valence-corrected chi connectivity index (χ0v) is 21.5. The Morgan fingerprint density at radius 3 is 2.49 bits per heavy atom. The second-order valence-corrected chi connectivity index (χ2v) is 8.61. The lowest BCUT2D eigenvalue weighted by Crippen LogP contribution is -2.31. The van der Waals surface area contributed by atoms with Crippen LogP contribution in [-0.4, -0.2) is 81.9 Å². The molecule has 0 radical (unpaired) electrons. The quantitative estimate of drug-likeness (QED) is 0.265. The molecule has 4 rings (SSSR count). The first kappa shape index (κ1) is 26.6. The van der Waals surface area contributed by atoms with Crippen LogP contribution in [-0.2, 0) is 9.47 Å². The van der Waals surface area contributed by atoms with E-state index in [-0.39, 0.29) is 6.61 Å². The summed E-state index contributed by atoms with van der Waals surface area (Å²) in [5.74, 6) is 2.56. The number of rotatable bonds is 14. The Bertz CT molecular complexity index is 1240. The van der Waals surface area contributed by atoms with Crippen LogP contribution in [0.1, 0.15) is 0 Å². The van der Waals surface area contributed by atoms with Crippen LogP contribution in [0.2, 0.25) is 0 Å². The number of likely N-dealkylation sites (N-methyl/N-ethyl adjacent to an activating group) is 1. The van der Waals surface area contributed by atoms with Crippen molar-refractivity contribution in [3.63, 3.8) is 0 Å².